The molecule has 1 fully saturated rings. The van der Waals surface area contributed by atoms with Crippen molar-refractivity contribution in [1.29, 1.82) is 0 Å². The van der Waals surface area contributed by atoms with Crippen LogP contribution in [0.25, 0.3) is 0 Å². The van der Waals surface area contributed by atoms with E-state index < -0.39 is 17.4 Å². The first-order valence-electron chi connectivity index (χ1n) is 7.04. The molecule has 1 aromatic rings. The van der Waals surface area contributed by atoms with Crippen molar-refractivity contribution in [3.8, 4) is 0 Å². The van der Waals surface area contributed by atoms with Crippen LogP contribution in [-0.4, -0.2) is 46.1 Å². The maximum absolute atomic E-state index is 15.0. The van der Waals surface area contributed by atoms with Gasteiger partial charge in [-0.2, -0.15) is 0 Å². The molecule has 1 aromatic heterocycles. The summed E-state index contributed by atoms with van der Waals surface area (Å²) in [6.07, 6.45) is 1.10. The molecule has 0 unspecified atom stereocenters. The Bertz CT molecular complexity index is 560. The van der Waals surface area contributed by atoms with E-state index in [9.17, 15) is 9.18 Å². The first-order valence-corrected chi connectivity index (χ1v) is 7.92. The van der Waals surface area contributed by atoms with Crippen LogP contribution in [0.5, 0.6) is 0 Å². The van der Waals surface area contributed by atoms with Gasteiger partial charge in [-0.05, 0) is 20.8 Å². The summed E-state index contributed by atoms with van der Waals surface area (Å²) in [6, 6.07) is 0. The fraction of sp³-hybridized carbons (Fsp3) is 0.643. The van der Waals surface area contributed by atoms with E-state index in [0.29, 0.717) is 10.7 Å². The van der Waals surface area contributed by atoms with E-state index in [1.54, 1.807) is 26.2 Å². The highest BCUT2D eigenvalue weighted by molar-refractivity contribution is 7.10. The van der Waals surface area contributed by atoms with E-state index in [2.05, 4.69) is 10.1 Å². The van der Waals surface area contributed by atoms with Gasteiger partial charge in [0.2, 0.25) is 0 Å². The molecule has 22 heavy (non-hydrogen) atoms. The average molecular weight is 329 g/mol. The molecule has 6 nitrogen and oxygen atoms in total. The fourth-order valence-corrected chi connectivity index (χ4v) is 3.11. The quantitative estimate of drug-likeness (QED) is 0.514. The van der Waals surface area contributed by atoms with Gasteiger partial charge in [0.25, 0.3) is 0 Å². The van der Waals surface area contributed by atoms with E-state index in [1.165, 1.54) is 22.5 Å². The highest BCUT2D eigenvalue weighted by Gasteiger charge is 2.40. The van der Waals surface area contributed by atoms with Crippen LogP contribution >= 0.6 is 11.3 Å². The Morgan fingerprint density at radius 1 is 1.55 bits per heavy atom. The Kier molecular flexibility index (Phi) is 4.69. The van der Waals surface area contributed by atoms with Crippen LogP contribution in [0.4, 0.5) is 9.18 Å². The topological polar surface area (TPSA) is 75.0 Å². The Morgan fingerprint density at radius 3 is 2.73 bits per heavy atom. The Labute approximate surface area is 132 Å². The minimum atomic E-state index is -1.55. The first kappa shape index (κ1) is 16.7. The third-order valence-electron chi connectivity index (χ3n) is 3.30. The molecule has 0 saturated carbocycles. The zero-order chi connectivity index (χ0) is 16.4. The number of oxime groups is 1. The number of likely N-dealkylation sites (tertiary alicyclic amines) is 1. The molecule has 1 aliphatic heterocycles. The van der Waals surface area contributed by atoms with Gasteiger partial charge in [0.05, 0.1) is 11.9 Å². The summed E-state index contributed by atoms with van der Waals surface area (Å²) < 4.78 is 20.3. The number of amides is 1. The second-order valence-corrected chi connectivity index (χ2v) is 7.11. The van der Waals surface area contributed by atoms with Crippen LogP contribution in [-0.2, 0) is 10.4 Å². The number of thiazole rings is 1. The number of alkyl halides is 1. The van der Waals surface area contributed by atoms with E-state index in [4.69, 9.17) is 9.94 Å². The number of carbonyl (C=O) groups is 1. The normalized spacial score (nSPS) is 18.6. The molecule has 0 atom stereocenters. The van der Waals surface area contributed by atoms with Crippen molar-refractivity contribution >= 4 is 23.6 Å². The van der Waals surface area contributed by atoms with Gasteiger partial charge in [0.1, 0.15) is 10.6 Å². The molecule has 122 valence electrons. The van der Waals surface area contributed by atoms with Crippen molar-refractivity contribution in [3.63, 3.8) is 0 Å². The van der Waals surface area contributed by atoms with Gasteiger partial charge in [0.15, 0.2) is 5.67 Å². The molecule has 1 saturated heterocycles. The molecule has 2 heterocycles. The first-order chi connectivity index (χ1) is 10.2. The second kappa shape index (κ2) is 6.20. The van der Waals surface area contributed by atoms with Crippen molar-refractivity contribution in [2.45, 2.75) is 44.9 Å². The minimum absolute atomic E-state index is 0.176. The van der Waals surface area contributed by atoms with E-state index >= 15 is 0 Å². The number of piperidine rings is 1. The third kappa shape index (κ3) is 3.94. The third-order valence-corrected chi connectivity index (χ3v) is 4.34. The van der Waals surface area contributed by atoms with E-state index in [1.807, 2.05) is 0 Å². The van der Waals surface area contributed by atoms with Crippen molar-refractivity contribution in [2.75, 3.05) is 13.1 Å². The zero-order valence-corrected chi connectivity index (χ0v) is 13.7. The number of ether oxygens (including phenoxy) is 1. The molecule has 0 bridgehead atoms. The molecule has 8 heteroatoms. The zero-order valence-electron chi connectivity index (χ0n) is 12.9. The number of carbonyl (C=O) groups excluding carboxylic acids is 1. The van der Waals surface area contributed by atoms with E-state index in [0.717, 1.165) is 0 Å². The summed E-state index contributed by atoms with van der Waals surface area (Å²) in [5, 5.41) is 13.3. The number of nitrogens with zero attached hydrogens (tertiary/aromatic N) is 3. The lowest BCUT2D eigenvalue weighted by atomic mass is 9.94. The minimum Gasteiger partial charge on any atom is -0.444 e. The Hall–Kier alpha value is -1.70. The van der Waals surface area contributed by atoms with Gasteiger partial charge < -0.3 is 14.8 Å². The molecule has 1 N–H and O–H groups in total. The summed E-state index contributed by atoms with van der Waals surface area (Å²) in [4.78, 5) is 17.6. The maximum Gasteiger partial charge on any atom is 0.410 e. The van der Waals surface area contributed by atoms with Gasteiger partial charge >= 0.3 is 6.09 Å². The molecule has 0 aliphatic carbocycles. The number of hydrogen-bond acceptors (Lipinski definition) is 6. The van der Waals surface area contributed by atoms with Crippen LogP contribution in [0.15, 0.2) is 10.5 Å². The van der Waals surface area contributed by atoms with Gasteiger partial charge in [-0.3, -0.25) is 0 Å². The SMILES string of the molecule is CC(C)(C)OC(=O)N1CCC(F)(c2nc(C=NO)cs2)CC1. The van der Waals surface area contributed by atoms with Gasteiger partial charge in [-0.1, -0.05) is 5.16 Å². The van der Waals surface area contributed by atoms with Crippen LogP contribution in [0, 0.1) is 0 Å². The monoisotopic (exact) mass is 329 g/mol. The summed E-state index contributed by atoms with van der Waals surface area (Å²) in [5.41, 5.74) is -1.69. The lowest BCUT2D eigenvalue weighted by molar-refractivity contribution is 0.00215. The van der Waals surface area contributed by atoms with Gasteiger partial charge in [-0.15, -0.1) is 11.3 Å². The molecule has 0 radical (unpaired) electrons. The predicted molar refractivity (Wildman–Crippen MR) is 81.3 cm³/mol. The predicted octanol–water partition coefficient (Wildman–Crippen LogP) is 3.15. The molecular formula is C14H20FN3O3S. The highest BCUT2D eigenvalue weighted by Crippen LogP contribution is 2.38. The Morgan fingerprint density at radius 2 is 2.18 bits per heavy atom. The standard InChI is InChI=1S/C14H20FN3O3S/c1-13(2,3)21-12(19)18-6-4-14(15,5-7-18)11-17-10(8-16-20)9-22-11/h8-9,20H,4-7H2,1-3H3. The summed E-state index contributed by atoms with van der Waals surface area (Å²) in [7, 11) is 0. The summed E-state index contributed by atoms with van der Waals surface area (Å²) in [5.74, 6) is 0. The highest BCUT2D eigenvalue weighted by atomic mass is 32.1. The van der Waals surface area contributed by atoms with Crippen molar-refractivity contribution in [3.05, 3.63) is 16.1 Å². The smallest absolute Gasteiger partial charge is 0.410 e. The molecule has 0 spiro atoms. The van der Waals surface area contributed by atoms with Crippen LogP contribution in [0.3, 0.4) is 0 Å². The van der Waals surface area contributed by atoms with Crippen molar-refractivity contribution in [2.24, 2.45) is 5.16 Å². The van der Waals surface area contributed by atoms with Gasteiger partial charge in [-0.25, -0.2) is 14.2 Å². The van der Waals surface area contributed by atoms with Crippen molar-refractivity contribution < 1.29 is 19.1 Å². The van der Waals surface area contributed by atoms with Crippen LogP contribution < -0.4 is 0 Å². The van der Waals surface area contributed by atoms with E-state index in [-0.39, 0.29) is 25.9 Å². The fourth-order valence-electron chi connectivity index (χ4n) is 2.19. The molecule has 0 aromatic carbocycles. The van der Waals surface area contributed by atoms with Crippen molar-refractivity contribution in [1.82, 2.24) is 9.88 Å². The number of aromatic nitrogens is 1. The summed E-state index contributed by atoms with van der Waals surface area (Å²) >= 11 is 1.19. The van der Waals surface area contributed by atoms with Crippen LogP contribution in [0.1, 0.15) is 44.3 Å². The van der Waals surface area contributed by atoms with Crippen LogP contribution in [0.2, 0.25) is 0 Å². The molecule has 1 amide bonds. The maximum atomic E-state index is 15.0. The average Bonchev–Trinajstić information content (AvgIpc) is 2.87. The molecular weight excluding hydrogens is 309 g/mol. The number of rotatable bonds is 2. The lowest BCUT2D eigenvalue weighted by Gasteiger charge is -2.36. The number of hydrogen-bond donors (Lipinski definition) is 1. The largest absolute Gasteiger partial charge is 0.444 e. The second-order valence-electron chi connectivity index (χ2n) is 6.25. The lowest BCUT2D eigenvalue weighted by Crippen LogP contribution is -2.45. The number of halogens is 1. The van der Waals surface area contributed by atoms with Gasteiger partial charge in [0, 0.05) is 31.3 Å². The Balaban J connectivity index is 1.99. The summed E-state index contributed by atoms with van der Waals surface area (Å²) in [6.45, 7) is 5.97. The molecule has 2 rings (SSSR count). The molecule has 1 aliphatic rings.